The van der Waals surface area contributed by atoms with Crippen molar-refractivity contribution in [3.8, 4) is 0 Å². The Kier molecular flexibility index (Phi) is 7.19. The predicted octanol–water partition coefficient (Wildman–Crippen LogP) is 3.54. The molecule has 25 heavy (non-hydrogen) atoms. The first-order valence-corrected chi connectivity index (χ1v) is 8.09. The van der Waals surface area contributed by atoms with Gasteiger partial charge in [0.25, 0.3) is 11.8 Å². The third-order valence-corrected chi connectivity index (χ3v) is 3.77. The normalized spacial score (nSPS) is 11.0. The second-order valence-electron chi connectivity index (χ2n) is 4.89. The molecule has 0 aliphatic carbocycles. The zero-order chi connectivity index (χ0) is 18.1. The van der Waals surface area contributed by atoms with E-state index in [0.29, 0.717) is 10.6 Å². The van der Waals surface area contributed by atoms with E-state index in [9.17, 15) is 9.59 Å². The number of carbonyl (C=O) groups is 2. The van der Waals surface area contributed by atoms with Crippen LogP contribution in [0.4, 0.5) is 0 Å². The lowest BCUT2D eigenvalue weighted by Gasteiger charge is -2.05. The number of rotatable bonds is 6. The number of hydrogen-bond donors (Lipinski definition) is 2. The van der Waals surface area contributed by atoms with Crippen LogP contribution in [0.3, 0.4) is 0 Å². The Morgan fingerprint density at radius 3 is 2.52 bits per heavy atom. The second kappa shape index (κ2) is 9.61. The highest BCUT2D eigenvalue weighted by Gasteiger charge is 2.09. The Labute approximate surface area is 155 Å². The van der Waals surface area contributed by atoms with E-state index in [1.54, 1.807) is 6.08 Å². The Bertz CT molecular complexity index is 805. The Hall–Kier alpha value is -2.63. The Morgan fingerprint density at radius 2 is 1.80 bits per heavy atom. The van der Waals surface area contributed by atoms with E-state index in [0.717, 1.165) is 5.56 Å². The molecule has 7 heteroatoms. The molecular formula is C18H15Cl2N3O2. The van der Waals surface area contributed by atoms with Gasteiger partial charge in [-0.1, -0.05) is 59.6 Å². The summed E-state index contributed by atoms with van der Waals surface area (Å²) < 4.78 is 0. The van der Waals surface area contributed by atoms with Gasteiger partial charge in [0.15, 0.2) is 0 Å². The van der Waals surface area contributed by atoms with Gasteiger partial charge in [0.05, 0.1) is 16.6 Å². The van der Waals surface area contributed by atoms with Gasteiger partial charge in [0, 0.05) is 11.8 Å². The summed E-state index contributed by atoms with van der Waals surface area (Å²) in [6.45, 7) is -0.210. The lowest BCUT2D eigenvalue weighted by atomic mass is 10.2. The number of amides is 2. The Balaban J connectivity index is 1.74. The number of allylic oxidation sites excluding steroid dienone is 1. The van der Waals surface area contributed by atoms with Crippen LogP contribution in [-0.2, 0) is 4.79 Å². The van der Waals surface area contributed by atoms with Crippen LogP contribution in [0, 0.1) is 0 Å². The highest BCUT2D eigenvalue weighted by atomic mass is 35.5. The number of halogens is 2. The summed E-state index contributed by atoms with van der Waals surface area (Å²) in [5, 5.41) is 6.86. The van der Waals surface area contributed by atoms with Crippen LogP contribution in [0.15, 0.2) is 59.7 Å². The molecule has 128 valence electrons. The zero-order valence-electron chi connectivity index (χ0n) is 13.1. The minimum absolute atomic E-state index is 0.210. The second-order valence-corrected chi connectivity index (χ2v) is 5.71. The van der Waals surface area contributed by atoms with Crippen molar-refractivity contribution in [3.63, 3.8) is 0 Å². The molecule has 2 rings (SSSR count). The first-order chi connectivity index (χ1) is 12.1. The third kappa shape index (κ3) is 6.41. The summed E-state index contributed by atoms with van der Waals surface area (Å²) >= 11 is 11.6. The molecule has 2 aromatic rings. The lowest BCUT2D eigenvalue weighted by Crippen LogP contribution is -2.34. The van der Waals surface area contributed by atoms with Gasteiger partial charge < -0.3 is 5.32 Å². The molecule has 0 saturated carbocycles. The maximum Gasteiger partial charge on any atom is 0.259 e. The van der Waals surface area contributed by atoms with Crippen molar-refractivity contribution >= 4 is 47.3 Å². The topological polar surface area (TPSA) is 70.6 Å². The number of nitrogens with zero attached hydrogens (tertiary/aromatic N) is 1. The number of benzene rings is 2. The van der Waals surface area contributed by atoms with Crippen LogP contribution in [0.25, 0.3) is 6.08 Å². The van der Waals surface area contributed by atoms with Gasteiger partial charge >= 0.3 is 0 Å². The van der Waals surface area contributed by atoms with Crippen molar-refractivity contribution in [1.82, 2.24) is 10.7 Å². The van der Waals surface area contributed by atoms with E-state index in [2.05, 4.69) is 15.8 Å². The standard InChI is InChI=1S/C18H15Cl2N3O2/c19-15-9-8-14(11-16(15)20)18(25)21-12-17(24)23-22-10-4-7-13-5-2-1-3-6-13/h1-11H,12H2,(H,21,25)(H,23,24)/b7-4+,22-10+. The van der Waals surface area contributed by atoms with Gasteiger partial charge in [0.2, 0.25) is 0 Å². The molecule has 0 fully saturated rings. The molecule has 2 N–H and O–H groups in total. The van der Waals surface area contributed by atoms with Crippen LogP contribution in [0.5, 0.6) is 0 Å². The van der Waals surface area contributed by atoms with E-state index in [-0.39, 0.29) is 11.6 Å². The minimum atomic E-state index is -0.447. The molecule has 0 spiro atoms. The third-order valence-electron chi connectivity index (χ3n) is 3.03. The van der Waals surface area contributed by atoms with Crippen molar-refractivity contribution in [2.75, 3.05) is 6.54 Å². The quantitative estimate of drug-likeness (QED) is 0.598. The van der Waals surface area contributed by atoms with Crippen molar-refractivity contribution < 1.29 is 9.59 Å². The number of nitrogens with one attached hydrogen (secondary N) is 2. The fourth-order valence-electron chi connectivity index (χ4n) is 1.81. The van der Waals surface area contributed by atoms with Gasteiger partial charge in [-0.15, -0.1) is 0 Å². The van der Waals surface area contributed by atoms with Crippen molar-refractivity contribution in [3.05, 3.63) is 75.8 Å². The van der Waals surface area contributed by atoms with E-state index in [1.807, 2.05) is 36.4 Å². The van der Waals surface area contributed by atoms with Gasteiger partial charge in [-0.2, -0.15) is 5.10 Å². The number of carbonyl (C=O) groups excluding carboxylic acids is 2. The van der Waals surface area contributed by atoms with Gasteiger partial charge in [-0.3, -0.25) is 9.59 Å². The maximum absolute atomic E-state index is 11.9. The number of hydrazone groups is 1. The molecule has 0 aliphatic heterocycles. The summed E-state index contributed by atoms with van der Waals surface area (Å²) in [7, 11) is 0. The molecule has 0 radical (unpaired) electrons. The number of hydrogen-bond acceptors (Lipinski definition) is 3. The average Bonchev–Trinajstić information content (AvgIpc) is 2.62. The highest BCUT2D eigenvalue weighted by Crippen LogP contribution is 2.22. The van der Waals surface area contributed by atoms with Crippen LogP contribution in [0.2, 0.25) is 10.0 Å². The molecule has 0 aromatic heterocycles. The Morgan fingerprint density at radius 1 is 1.04 bits per heavy atom. The monoisotopic (exact) mass is 375 g/mol. The van der Waals surface area contributed by atoms with Crippen LogP contribution >= 0.6 is 23.2 Å². The minimum Gasteiger partial charge on any atom is -0.343 e. The molecule has 0 atom stereocenters. The molecule has 0 unspecified atom stereocenters. The summed E-state index contributed by atoms with van der Waals surface area (Å²) in [5.41, 5.74) is 3.65. The van der Waals surface area contributed by atoms with E-state index in [1.165, 1.54) is 24.4 Å². The fourth-order valence-corrected chi connectivity index (χ4v) is 2.11. The molecule has 0 heterocycles. The highest BCUT2D eigenvalue weighted by molar-refractivity contribution is 6.42. The summed E-state index contributed by atoms with van der Waals surface area (Å²) in [6.07, 6.45) is 5.00. The molecule has 0 saturated heterocycles. The molecule has 2 amide bonds. The molecule has 0 aliphatic rings. The SMILES string of the molecule is O=C(CNC(=O)c1ccc(Cl)c(Cl)c1)N/N=C/C=C/c1ccccc1. The van der Waals surface area contributed by atoms with Crippen molar-refractivity contribution in [2.24, 2.45) is 5.10 Å². The molecule has 5 nitrogen and oxygen atoms in total. The zero-order valence-corrected chi connectivity index (χ0v) is 14.6. The van der Waals surface area contributed by atoms with E-state index in [4.69, 9.17) is 23.2 Å². The smallest absolute Gasteiger partial charge is 0.259 e. The lowest BCUT2D eigenvalue weighted by molar-refractivity contribution is -0.120. The molecular weight excluding hydrogens is 361 g/mol. The predicted molar refractivity (Wildman–Crippen MR) is 101 cm³/mol. The summed E-state index contributed by atoms with van der Waals surface area (Å²) in [4.78, 5) is 23.5. The van der Waals surface area contributed by atoms with Gasteiger partial charge in [-0.05, 0) is 29.8 Å². The van der Waals surface area contributed by atoms with Crippen molar-refractivity contribution in [1.29, 1.82) is 0 Å². The summed E-state index contributed by atoms with van der Waals surface area (Å²) in [6, 6.07) is 14.1. The first-order valence-electron chi connectivity index (χ1n) is 7.33. The molecule has 0 bridgehead atoms. The van der Waals surface area contributed by atoms with Crippen molar-refractivity contribution in [2.45, 2.75) is 0 Å². The average molecular weight is 376 g/mol. The fraction of sp³-hybridized carbons (Fsp3) is 0.0556. The van der Waals surface area contributed by atoms with E-state index < -0.39 is 11.8 Å². The largest absolute Gasteiger partial charge is 0.343 e. The summed E-state index contributed by atoms with van der Waals surface area (Å²) in [5.74, 6) is -0.876. The van der Waals surface area contributed by atoms with Gasteiger partial charge in [-0.25, -0.2) is 5.43 Å². The van der Waals surface area contributed by atoms with Crippen LogP contribution in [-0.4, -0.2) is 24.6 Å². The van der Waals surface area contributed by atoms with Crippen LogP contribution in [0.1, 0.15) is 15.9 Å². The molecule has 2 aromatic carbocycles. The van der Waals surface area contributed by atoms with E-state index >= 15 is 0 Å². The van der Waals surface area contributed by atoms with Gasteiger partial charge in [0.1, 0.15) is 0 Å². The first kappa shape index (κ1) is 18.7. The van der Waals surface area contributed by atoms with Crippen LogP contribution < -0.4 is 10.7 Å². The maximum atomic E-state index is 11.9.